The number of carbonyl (C=O) groups is 1. The van der Waals surface area contributed by atoms with Gasteiger partial charge in [-0.3, -0.25) is 4.79 Å². The zero-order chi connectivity index (χ0) is 22.7. The molecule has 4 rings (SSSR count). The van der Waals surface area contributed by atoms with Crippen molar-refractivity contribution in [3.63, 3.8) is 0 Å². The molecule has 0 radical (unpaired) electrons. The van der Waals surface area contributed by atoms with E-state index in [9.17, 15) is 10.1 Å². The zero-order valence-electron chi connectivity index (χ0n) is 16.9. The van der Waals surface area contributed by atoms with Crippen LogP contribution in [0.25, 0.3) is 21.8 Å². The Labute approximate surface area is 198 Å². The summed E-state index contributed by atoms with van der Waals surface area (Å²) in [6.07, 6.45) is 0. The molecule has 0 saturated heterocycles. The summed E-state index contributed by atoms with van der Waals surface area (Å²) < 4.78 is 0. The van der Waals surface area contributed by atoms with Crippen LogP contribution in [-0.4, -0.2) is 26.5 Å². The molecule has 0 aliphatic heterocycles. The molecule has 0 saturated carbocycles. The van der Waals surface area contributed by atoms with E-state index < -0.39 is 0 Å². The van der Waals surface area contributed by atoms with E-state index in [1.165, 1.54) is 23.1 Å². The molecule has 0 aliphatic carbocycles. The van der Waals surface area contributed by atoms with Crippen LogP contribution in [0.1, 0.15) is 20.9 Å². The number of thiazole rings is 1. The summed E-state index contributed by atoms with van der Waals surface area (Å²) in [5, 5.41) is 11.2. The molecule has 2 heterocycles. The fourth-order valence-corrected chi connectivity index (χ4v) is 4.95. The number of rotatable bonds is 6. The van der Waals surface area contributed by atoms with Gasteiger partial charge in [-0.2, -0.15) is 5.26 Å². The highest BCUT2D eigenvalue weighted by atomic mass is 35.5. The van der Waals surface area contributed by atoms with Crippen molar-refractivity contribution in [3.05, 3.63) is 75.8 Å². The van der Waals surface area contributed by atoms with E-state index in [2.05, 4.69) is 21.0 Å². The maximum absolute atomic E-state index is 12.9. The van der Waals surface area contributed by atoms with Gasteiger partial charge in [-0.1, -0.05) is 65.8 Å². The van der Waals surface area contributed by atoms with Gasteiger partial charge < -0.3 is 5.73 Å². The predicted octanol–water partition coefficient (Wildman–Crippen LogP) is 5.66. The number of nitriles is 1. The molecular formula is C23H16ClN5OS2. The number of carbonyl (C=O) groups excluding carboxylic acids is 1. The summed E-state index contributed by atoms with van der Waals surface area (Å²) in [4.78, 5) is 26.7. The fraction of sp³-hybridized carbons (Fsp3) is 0.0870. The standard InChI is InChI=1S/C23H16ClN5OS2/c1-13-20(32-22(27-13)15-5-3-2-4-6-15)18(30)12-31-23-28-19(17(11-25)21(26)29-23)14-7-9-16(24)10-8-14/h2-10H,12H2,1H3,(H2,26,28,29). The highest BCUT2D eigenvalue weighted by Gasteiger charge is 2.19. The molecule has 4 aromatic rings. The van der Waals surface area contributed by atoms with E-state index in [0.717, 1.165) is 10.6 Å². The van der Waals surface area contributed by atoms with Gasteiger partial charge in [0.05, 0.1) is 22.0 Å². The number of hydrogen-bond acceptors (Lipinski definition) is 8. The normalized spacial score (nSPS) is 10.7. The van der Waals surface area contributed by atoms with Gasteiger partial charge in [0.25, 0.3) is 0 Å². The van der Waals surface area contributed by atoms with E-state index in [1.807, 2.05) is 37.3 Å². The lowest BCUT2D eigenvalue weighted by Crippen LogP contribution is -2.06. The van der Waals surface area contributed by atoms with Gasteiger partial charge in [-0.15, -0.1) is 11.3 Å². The lowest BCUT2D eigenvalue weighted by molar-refractivity contribution is 0.102. The van der Waals surface area contributed by atoms with Crippen molar-refractivity contribution in [1.82, 2.24) is 15.0 Å². The number of anilines is 1. The van der Waals surface area contributed by atoms with E-state index in [0.29, 0.717) is 32.0 Å². The highest BCUT2D eigenvalue weighted by molar-refractivity contribution is 7.99. The Hall–Kier alpha value is -3.25. The van der Waals surface area contributed by atoms with Crippen LogP contribution < -0.4 is 5.73 Å². The van der Waals surface area contributed by atoms with Crippen molar-refractivity contribution in [2.45, 2.75) is 12.1 Å². The third kappa shape index (κ3) is 4.65. The smallest absolute Gasteiger partial charge is 0.190 e. The number of nitrogens with zero attached hydrogens (tertiary/aromatic N) is 4. The van der Waals surface area contributed by atoms with Crippen molar-refractivity contribution in [2.75, 3.05) is 11.5 Å². The fourth-order valence-electron chi connectivity index (χ4n) is 3.00. The summed E-state index contributed by atoms with van der Waals surface area (Å²) in [6, 6.07) is 18.7. The van der Waals surface area contributed by atoms with Gasteiger partial charge >= 0.3 is 0 Å². The number of benzene rings is 2. The van der Waals surface area contributed by atoms with Crippen molar-refractivity contribution < 1.29 is 4.79 Å². The maximum Gasteiger partial charge on any atom is 0.190 e. The van der Waals surface area contributed by atoms with Crippen LogP contribution in [0.4, 0.5) is 5.82 Å². The summed E-state index contributed by atoms with van der Waals surface area (Å²) in [6.45, 7) is 1.83. The summed E-state index contributed by atoms with van der Waals surface area (Å²) >= 11 is 8.51. The van der Waals surface area contributed by atoms with E-state index in [-0.39, 0.29) is 22.9 Å². The van der Waals surface area contributed by atoms with Crippen LogP contribution in [-0.2, 0) is 0 Å². The molecule has 0 spiro atoms. The molecule has 2 aromatic carbocycles. The van der Waals surface area contributed by atoms with Gasteiger partial charge in [0.1, 0.15) is 22.5 Å². The Morgan fingerprint density at radius 2 is 1.81 bits per heavy atom. The third-order valence-corrected chi connectivity index (χ3v) is 6.90. The Morgan fingerprint density at radius 1 is 1.09 bits per heavy atom. The molecule has 0 atom stereocenters. The molecule has 0 aliphatic rings. The molecule has 6 nitrogen and oxygen atoms in total. The first-order valence-corrected chi connectivity index (χ1v) is 11.7. The third-order valence-electron chi connectivity index (χ3n) is 4.55. The quantitative estimate of drug-likeness (QED) is 0.217. The molecule has 158 valence electrons. The lowest BCUT2D eigenvalue weighted by Gasteiger charge is -2.08. The molecule has 0 unspecified atom stereocenters. The molecule has 2 N–H and O–H groups in total. The van der Waals surface area contributed by atoms with Crippen molar-refractivity contribution in [3.8, 4) is 27.9 Å². The minimum atomic E-state index is -0.0632. The number of ketones is 1. The summed E-state index contributed by atoms with van der Waals surface area (Å²) in [5.41, 5.74) is 8.97. The monoisotopic (exact) mass is 477 g/mol. The number of halogens is 1. The van der Waals surface area contributed by atoms with Gasteiger partial charge in [-0.25, -0.2) is 15.0 Å². The number of thioether (sulfide) groups is 1. The van der Waals surface area contributed by atoms with Gasteiger partial charge in [0.15, 0.2) is 10.9 Å². The highest BCUT2D eigenvalue weighted by Crippen LogP contribution is 2.31. The van der Waals surface area contributed by atoms with Crippen molar-refractivity contribution in [1.29, 1.82) is 5.26 Å². The summed E-state index contributed by atoms with van der Waals surface area (Å²) in [5.74, 6) is 0.136. The first-order valence-electron chi connectivity index (χ1n) is 9.48. The Morgan fingerprint density at radius 3 is 2.50 bits per heavy atom. The van der Waals surface area contributed by atoms with Crippen LogP contribution in [0.3, 0.4) is 0 Å². The average molecular weight is 478 g/mol. The molecular weight excluding hydrogens is 462 g/mol. The van der Waals surface area contributed by atoms with E-state index >= 15 is 0 Å². The Kier molecular flexibility index (Phi) is 6.51. The van der Waals surface area contributed by atoms with Crippen molar-refractivity contribution >= 4 is 46.3 Å². The molecule has 0 fully saturated rings. The number of nitrogen functional groups attached to an aromatic ring is 1. The molecule has 0 bridgehead atoms. The second kappa shape index (κ2) is 9.49. The van der Waals surface area contributed by atoms with Gasteiger partial charge in [-0.05, 0) is 19.1 Å². The molecule has 2 aromatic heterocycles. The minimum absolute atomic E-state index is 0.0632. The number of nitrogens with two attached hydrogens (primary N) is 1. The molecule has 0 amide bonds. The topological polar surface area (TPSA) is 106 Å². The largest absolute Gasteiger partial charge is 0.382 e. The molecule has 9 heteroatoms. The SMILES string of the molecule is Cc1nc(-c2ccccc2)sc1C(=O)CSc1nc(N)c(C#N)c(-c2ccc(Cl)cc2)n1. The second-order valence-corrected chi connectivity index (χ2v) is 9.12. The predicted molar refractivity (Wildman–Crippen MR) is 129 cm³/mol. The van der Waals surface area contributed by atoms with E-state index in [4.69, 9.17) is 17.3 Å². The Bertz CT molecular complexity index is 1330. The summed E-state index contributed by atoms with van der Waals surface area (Å²) in [7, 11) is 0. The van der Waals surface area contributed by atoms with Crippen LogP contribution >= 0.6 is 34.7 Å². The van der Waals surface area contributed by atoms with E-state index in [1.54, 1.807) is 24.3 Å². The first kappa shape index (κ1) is 22.0. The van der Waals surface area contributed by atoms with Gasteiger partial charge in [0, 0.05) is 16.1 Å². The average Bonchev–Trinajstić information content (AvgIpc) is 3.20. The van der Waals surface area contributed by atoms with Crippen LogP contribution in [0.2, 0.25) is 5.02 Å². The van der Waals surface area contributed by atoms with Crippen LogP contribution in [0, 0.1) is 18.3 Å². The van der Waals surface area contributed by atoms with Gasteiger partial charge in [0.2, 0.25) is 0 Å². The van der Waals surface area contributed by atoms with Crippen molar-refractivity contribution in [2.24, 2.45) is 0 Å². The number of aryl methyl sites for hydroxylation is 1. The Balaban J connectivity index is 1.57. The zero-order valence-corrected chi connectivity index (χ0v) is 19.3. The number of hydrogen-bond donors (Lipinski definition) is 1. The minimum Gasteiger partial charge on any atom is -0.382 e. The molecule has 32 heavy (non-hydrogen) atoms. The van der Waals surface area contributed by atoms with Crippen LogP contribution in [0.5, 0.6) is 0 Å². The first-order chi connectivity index (χ1) is 15.5. The number of aromatic nitrogens is 3. The second-order valence-electron chi connectivity index (χ2n) is 6.75. The van der Waals surface area contributed by atoms with Crippen LogP contribution in [0.15, 0.2) is 59.8 Å². The number of Topliss-reactive ketones (excluding diaryl/α,β-unsaturated/α-hetero) is 1. The maximum atomic E-state index is 12.9. The lowest BCUT2D eigenvalue weighted by atomic mass is 10.1.